The van der Waals surface area contributed by atoms with E-state index in [0.29, 0.717) is 6.42 Å². The Bertz CT molecular complexity index is 417. The fourth-order valence-electron chi connectivity index (χ4n) is 2.24. The average molecular weight is 232 g/mol. The van der Waals surface area contributed by atoms with E-state index in [9.17, 15) is 4.79 Å². The van der Waals surface area contributed by atoms with Crippen LogP contribution in [0.4, 0.5) is 5.69 Å². The lowest BCUT2D eigenvalue weighted by atomic mass is 10.1. The number of amides is 1. The number of carbonyl (C=O) groups is 1. The fraction of sp³-hybridized carbons (Fsp3) is 0.500. The fourth-order valence-corrected chi connectivity index (χ4v) is 2.24. The zero-order valence-corrected chi connectivity index (χ0v) is 11.0. The Balaban J connectivity index is 2.32. The van der Waals surface area contributed by atoms with E-state index in [2.05, 4.69) is 57.0 Å². The number of nitrogens with zero attached hydrogens (tertiary/aromatic N) is 2. The molecule has 1 aromatic carbocycles. The SMILES string of the molecule is Cc1ccc(N2CCC(=O)N2C(C)(C)C)cc1. The maximum Gasteiger partial charge on any atom is 0.243 e. The molecule has 92 valence electrons. The van der Waals surface area contributed by atoms with Gasteiger partial charge in [0.05, 0.1) is 11.2 Å². The van der Waals surface area contributed by atoms with Crippen LogP contribution in [0.2, 0.25) is 0 Å². The maximum absolute atomic E-state index is 12.0. The molecular formula is C14H20N2O. The summed E-state index contributed by atoms with van der Waals surface area (Å²) in [6, 6.07) is 8.32. The van der Waals surface area contributed by atoms with Gasteiger partial charge in [0.2, 0.25) is 5.91 Å². The van der Waals surface area contributed by atoms with Crippen LogP contribution in [0.5, 0.6) is 0 Å². The number of aryl methyl sites for hydroxylation is 1. The highest BCUT2D eigenvalue weighted by molar-refractivity contribution is 5.82. The van der Waals surface area contributed by atoms with Crippen LogP contribution in [0.3, 0.4) is 0 Å². The summed E-state index contributed by atoms with van der Waals surface area (Å²) >= 11 is 0. The van der Waals surface area contributed by atoms with Gasteiger partial charge in [-0.25, -0.2) is 5.01 Å². The van der Waals surface area contributed by atoms with Crippen molar-refractivity contribution in [3.63, 3.8) is 0 Å². The van der Waals surface area contributed by atoms with Gasteiger partial charge in [-0.2, -0.15) is 0 Å². The molecule has 1 fully saturated rings. The maximum atomic E-state index is 12.0. The molecule has 0 saturated carbocycles. The average Bonchev–Trinajstić information content (AvgIpc) is 2.61. The Hall–Kier alpha value is -1.51. The lowest BCUT2D eigenvalue weighted by Gasteiger charge is -2.39. The van der Waals surface area contributed by atoms with Gasteiger partial charge in [0.25, 0.3) is 0 Å². The number of hydrogen-bond donors (Lipinski definition) is 0. The van der Waals surface area contributed by atoms with Gasteiger partial charge in [0, 0.05) is 13.0 Å². The smallest absolute Gasteiger partial charge is 0.243 e. The minimum Gasteiger partial charge on any atom is -0.282 e. The summed E-state index contributed by atoms with van der Waals surface area (Å²) in [5.74, 6) is 0.207. The number of hydrazine groups is 1. The van der Waals surface area contributed by atoms with E-state index in [4.69, 9.17) is 0 Å². The number of benzene rings is 1. The van der Waals surface area contributed by atoms with Gasteiger partial charge in [0.15, 0.2) is 0 Å². The molecule has 0 N–H and O–H groups in total. The molecule has 1 saturated heterocycles. The van der Waals surface area contributed by atoms with E-state index in [1.54, 1.807) is 0 Å². The summed E-state index contributed by atoms with van der Waals surface area (Å²) in [7, 11) is 0. The standard InChI is InChI=1S/C14H20N2O/c1-11-5-7-12(8-6-11)15-10-9-13(17)16(15)14(2,3)4/h5-8H,9-10H2,1-4H3. The van der Waals surface area contributed by atoms with Crippen LogP contribution < -0.4 is 5.01 Å². The molecule has 0 spiro atoms. The molecule has 0 aliphatic carbocycles. The van der Waals surface area contributed by atoms with Crippen LogP contribution in [-0.2, 0) is 4.79 Å². The number of carbonyl (C=O) groups excluding carboxylic acids is 1. The third-order valence-corrected chi connectivity index (χ3v) is 2.98. The molecule has 1 aliphatic rings. The summed E-state index contributed by atoms with van der Waals surface area (Å²) in [6.45, 7) is 9.05. The van der Waals surface area contributed by atoms with Crippen molar-refractivity contribution in [3.05, 3.63) is 29.8 Å². The Kier molecular flexibility index (Phi) is 2.86. The van der Waals surface area contributed by atoms with Crippen molar-refractivity contribution in [2.45, 2.75) is 39.7 Å². The van der Waals surface area contributed by atoms with Crippen LogP contribution >= 0.6 is 0 Å². The van der Waals surface area contributed by atoms with Crippen molar-refractivity contribution >= 4 is 11.6 Å². The van der Waals surface area contributed by atoms with Gasteiger partial charge >= 0.3 is 0 Å². The van der Waals surface area contributed by atoms with Crippen LogP contribution in [0.1, 0.15) is 32.8 Å². The molecule has 1 amide bonds. The number of rotatable bonds is 1. The first kappa shape index (κ1) is 12.0. The van der Waals surface area contributed by atoms with Crippen LogP contribution in [0, 0.1) is 6.92 Å². The quantitative estimate of drug-likeness (QED) is 0.743. The molecular weight excluding hydrogens is 212 g/mol. The van der Waals surface area contributed by atoms with Crippen molar-refractivity contribution in [1.82, 2.24) is 5.01 Å². The minimum absolute atomic E-state index is 0.168. The predicted octanol–water partition coefficient (Wildman–Crippen LogP) is 2.75. The van der Waals surface area contributed by atoms with Gasteiger partial charge in [-0.15, -0.1) is 0 Å². The molecule has 0 radical (unpaired) electrons. The van der Waals surface area contributed by atoms with Crippen LogP contribution in [0.15, 0.2) is 24.3 Å². The highest BCUT2D eigenvalue weighted by atomic mass is 16.2. The van der Waals surface area contributed by atoms with E-state index in [-0.39, 0.29) is 11.4 Å². The second kappa shape index (κ2) is 4.06. The van der Waals surface area contributed by atoms with E-state index in [0.717, 1.165) is 12.2 Å². The normalized spacial score (nSPS) is 16.8. The Morgan fingerprint density at radius 3 is 2.24 bits per heavy atom. The highest BCUT2D eigenvalue weighted by Gasteiger charge is 2.36. The molecule has 1 aliphatic heterocycles. The van der Waals surface area contributed by atoms with Crippen molar-refractivity contribution in [1.29, 1.82) is 0 Å². The molecule has 17 heavy (non-hydrogen) atoms. The Labute approximate surface area is 103 Å². The van der Waals surface area contributed by atoms with Crippen LogP contribution in [-0.4, -0.2) is 23.0 Å². The largest absolute Gasteiger partial charge is 0.282 e. The molecule has 2 rings (SSSR count). The van der Waals surface area contributed by atoms with Crippen molar-refractivity contribution in [3.8, 4) is 0 Å². The lowest BCUT2D eigenvalue weighted by molar-refractivity contribution is -0.132. The second-order valence-electron chi connectivity index (χ2n) is 5.59. The summed E-state index contributed by atoms with van der Waals surface area (Å²) in [4.78, 5) is 12.0. The summed E-state index contributed by atoms with van der Waals surface area (Å²) < 4.78 is 0. The molecule has 1 aromatic rings. The van der Waals surface area contributed by atoms with Gasteiger partial charge < -0.3 is 0 Å². The monoisotopic (exact) mass is 232 g/mol. The zero-order valence-electron chi connectivity index (χ0n) is 11.0. The topological polar surface area (TPSA) is 23.6 Å². The zero-order chi connectivity index (χ0) is 12.6. The van der Waals surface area contributed by atoms with Gasteiger partial charge in [0.1, 0.15) is 0 Å². The van der Waals surface area contributed by atoms with Crippen molar-refractivity contribution in [2.24, 2.45) is 0 Å². The van der Waals surface area contributed by atoms with Gasteiger partial charge in [-0.3, -0.25) is 9.80 Å². The second-order valence-corrected chi connectivity index (χ2v) is 5.59. The first-order valence-electron chi connectivity index (χ1n) is 6.07. The third kappa shape index (κ3) is 2.28. The molecule has 0 bridgehead atoms. The molecule has 0 atom stereocenters. The summed E-state index contributed by atoms with van der Waals surface area (Å²) in [5.41, 5.74) is 2.16. The van der Waals surface area contributed by atoms with E-state index >= 15 is 0 Å². The molecule has 0 aromatic heterocycles. The van der Waals surface area contributed by atoms with Gasteiger partial charge in [-0.05, 0) is 39.8 Å². The van der Waals surface area contributed by atoms with Gasteiger partial charge in [-0.1, -0.05) is 17.7 Å². The molecule has 0 unspecified atom stereocenters. The van der Waals surface area contributed by atoms with E-state index < -0.39 is 0 Å². The first-order chi connectivity index (χ1) is 7.89. The minimum atomic E-state index is -0.168. The summed E-state index contributed by atoms with van der Waals surface area (Å²) in [6.07, 6.45) is 0.602. The predicted molar refractivity (Wildman–Crippen MR) is 69.7 cm³/mol. The number of anilines is 1. The summed E-state index contributed by atoms with van der Waals surface area (Å²) in [5, 5.41) is 3.96. The first-order valence-corrected chi connectivity index (χ1v) is 6.07. The molecule has 1 heterocycles. The van der Waals surface area contributed by atoms with E-state index in [1.807, 2.05) is 5.01 Å². The van der Waals surface area contributed by atoms with Crippen LogP contribution in [0.25, 0.3) is 0 Å². The third-order valence-electron chi connectivity index (χ3n) is 2.98. The van der Waals surface area contributed by atoms with E-state index in [1.165, 1.54) is 5.56 Å². The Morgan fingerprint density at radius 1 is 1.12 bits per heavy atom. The number of hydrogen-bond acceptors (Lipinski definition) is 2. The molecule has 3 heteroatoms. The lowest BCUT2D eigenvalue weighted by Crippen LogP contribution is -2.51. The molecule has 3 nitrogen and oxygen atoms in total. The highest BCUT2D eigenvalue weighted by Crippen LogP contribution is 2.28. The van der Waals surface area contributed by atoms with Crippen molar-refractivity contribution in [2.75, 3.05) is 11.6 Å². The van der Waals surface area contributed by atoms with Crippen molar-refractivity contribution < 1.29 is 4.79 Å². The Morgan fingerprint density at radius 2 is 1.71 bits per heavy atom.